The molecule has 2 aliphatic heterocycles. The van der Waals surface area contributed by atoms with E-state index in [0.29, 0.717) is 6.04 Å². The van der Waals surface area contributed by atoms with Crippen LogP contribution in [0.4, 0.5) is 0 Å². The van der Waals surface area contributed by atoms with E-state index in [1.165, 1.54) is 59.3 Å². The summed E-state index contributed by atoms with van der Waals surface area (Å²) in [5.74, 6) is 0. The number of likely N-dealkylation sites (tertiary alicyclic amines) is 1. The molecule has 26 heavy (non-hydrogen) atoms. The zero-order chi connectivity index (χ0) is 18.1. The van der Waals surface area contributed by atoms with Crippen molar-refractivity contribution in [1.29, 1.82) is 0 Å². The molecule has 3 heterocycles. The minimum absolute atomic E-state index is 0.716. The number of hydrogen-bond acceptors (Lipinski definition) is 3. The van der Waals surface area contributed by atoms with Crippen molar-refractivity contribution < 1.29 is 0 Å². The lowest BCUT2D eigenvalue weighted by Crippen LogP contribution is -2.37. The van der Waals surface area contributed by atoms with Crippen LogP contribution in [0.2, 0.25) is 0 Å². The molecule has 140 valence electrons. The van der Waals surface area contributed by atoms with Crippen molar-refractivity contribution in [3.8, 4) is 0 Å². The Morgan fingerprint density at radius 3 is 2.73 bits per heavy atom. The fraction of sp³-hybridized carbons (Fsp3) is 0.591. The standard InChI is InChI=1S/C22H32N4/c1-16-10-19(13-25-9-7-22-21(14-25)12-23-24-22)18(3)20(11-16)15-26-8-5-4-6-17(26)2/h10-12,17H,4-9,13-15H2,1-3H3,(H,23,24)/t17-/m0/s1. The van der Waals surface area contributed by atoms with Crippen molar-refractivity contribution in [2.45, 2.75) is 72.1 Å². The van der Waals surface area contributed by atoms with Crippen LogP contribution in [0.3, 0.4) is 0 Å². The molecule has 1 aromatic heterocycles. The summed E-state index contributed by atoms with van der Waals surface area (Å²) < 4.78 is 0. The summed E-state index contributed by atoms with van der Waals surface area (Å²) in [6.07, 6.45) is 7.16. The highest BCUT2D eigenvalue weighted by atomic mass is 15.2. The van der Waals surface area contributed by atoms with Crippen molar-refractivity contribution >= 4 is 0 Å². The average Bonchev–Trinajstić information content (AvgIpc) is 3.08. The molecule has 1 fully saturated rings. The molecule has 2 aliphatic rings. The molecule has 0 radical (unpaired) electrons. The third-order valence-corrected chi connectivity index (χ3v) is 6.35. The number of aryl methyl sites for hydroxylation is 1. The van der Waals surface area contributed by atoms with Crippen molar-refractivity contribution in [3.05, 3.63) is 51.8 Å². The number of benzene rings is 1. The van der Waals surface area contributed by atoms with Gasteiger partial charge in [0, 0.05) is 49.9 Å². The fourth-order valence-corrected chi connectivity index (χ4v) is 4.61. The Bertz CT molecular complexity index is 763. The SMILES string of the molecule is Cc1cc(CN2CCc3[nH]ncc3C2)c(C)c(CN2CCCC[C@@H]2C)c1. The molecule has 2 aromatic rings. The third-order valence-electron chi connectivity index (χ3n) is 6.35. The van der Waals surface area contributed by atoms with Gasteiger partial charge in [0.05, 0.1) is 6.20 Å². The van der Waals surface area contributed by atoms with E-state index in [9.17, 15) is 0 Å². The highest BCUT2D eigenvalue weighted by molar-refractivity contribution is 5.38. The predicted octanol–water partition coefficient (Wildman–Crippen LogP) is 3.96. The predicted molar refractivity (Wildman–Crippen MR) is 106 cm³/mol. The lowest BCUT2D eigenvalue weighted by Gasteiger charge is -2.34. The Balaban J connectivity index is 1.51. The molecular formula is C22H32N4. The largest absolute Gasteiger partial charge is 0.296 e. The van der Waals surface area contributed by atoms with Gasteiger partial charge in [-0.15, -0.1) is 0 Å². The van der Waals surface area contributed by atoms with Crippen LogP contribution in [0.5, 0.6) is 0 Å². The van der Waals surface area contributed by atoms with Gasteiger partial charge >= 0.3 is 0 Å². The molecule has 4 heteroatoms. The summed E-state index contributed by atoms with van der Waals surface area (Å²) in [6.45, 7) is 12.5. The van der Waals surface area contributed by atoms with Gasteiger partial charge < -0.3 is 0 Å². The van der Waals surface area contributed by atoms with E-state index in [1.54, 1.807) is 0 Å². The van der Waals surface area contributed by atoms with Crippen LogP contribution in [0.25, 0.3) is 0 Å². The van der Waals surface area contributed by atoms with Crippen molar-refractivity contribution in [2.75, 3.05) is 13.1 Å². The number of H-pyrrole nitrogens is 1. The van der Waals surface area contributed by atoms with Gasteiger partial charge in [0.1, 0.15) is 0 Å². The quantitative estimate of drug-likeness (QED) is 0.905. The first kappa shape index (κ1) is 17.7. The molecule has 0 amide bonds. The first-order valence-corrected chi connectivity index (χ1v) is 10.2. The van der Waals surface area contributed by atoms with Gasteiger partial charge in [-0.1, -0.05) is 24.1 Å². The van der Waals surface area contributed by atoms with Crippen molar-refractivity contribution in [1.82, 2.24) is 20.0 Å². The van der Waals surface area contributed by atoms with E-state index in [4.69, 9.17) is 0 Å². The second-order valence-electron chi connectivity index (χ2n) is 8.36. The number of hydrogen-bond donors (Lipinski definition) is 1. The van der Waals surface area contributed by atoms with Gasteiger partial charge in [-0.25, -0.2) is 0 Å². The Kier molecular flexibility index (Phi) is 5.14. The van der Waals surface area contributed by atoms with E-state index in [1.807, 2.05) is 6.20 Å². The van der Waals surface area contributed by atoms with Crippen molar-refractivity contribution in [3.63, 3.8) is 0 Å². The Morgan fingerprint density at radius 2 is 1.92 bits per heavy atom. The third kappa shape index (κ3) is 3.72. The maximum atomic E-state index is 4.21. The number of aromatic amines is 1. The number of rotatable bonds is 4. The van der Waals surface area contributed by atoms with Crippen LogP contribution in [-0.2, 0) is 26.1 Å². The molecule has 0 bridgehead atoms. The van der Waals surface area contributed by atoms with Crippen LogP contribution >= 0.6 is 0 Å². The molecular weight excluding hydrogens is 320 g/mol. The summed E-state index contributed by atoms with van der Waals surface area (Å²) in [5, 5.41) is 7.35. The maximum Gasteiger partial charge on any atom is 0.0535 e. The van der Waals surface area contributed by atoms with Gasteiger partial charge in [-0.3, -0.25) is 14.9 Å². The first-order valence-electron chi connectivity index (χ1n) is 10.2. The first-order chi connectivity index (χ1) is 12.6. The molecule has 4 nitrogen and oxygen atoms in total. The molecule has 1 N–H and O–H groups in total. The number of aromatic nitrogens is 2. The van der Waals surface area contributed by atoms with Crippen LogP contribution in [0.15, 0.2) is 18.3 Å². The minimum atomic E-state index is 0.716. The summed E-state index contributed by atoms with van der Waals surface area (Å²) in [6, 6.07) is 5.52. The molecule has 0 spiro atoms. The number of fused-ring (bicyclic) bond motifs is 1. The van der Waals surface area contributed by atoms with Gasteiger partial charge in [-0.2, -0.15) is 5.10 Å². The van der Waals surface area contributed by atoms with Crippen LogP contribution < -0.4 is 0 Å². The Morgan fingerprint density at radius 1 is 1.12 bits per heavy atom. The van der Waals surface area contributed by atoms with Gasteiger partial charge in [0.15, 0.2) is 0 Å². The van der Waals surface area contributed by atoms with Crippen molar-refractivity contribution in [2.24, 2.45) is 0 Å². The summed E-state index contributed by atoms with van der Waals surface area (Å²) in [5.41, 5.74) is 8.59. The maximum absolute atomic E-state index is 4.21. The molecule has 0 saturated carbocycles. The van der Waals surface area contributed by atoms with E-state index in [2.05, 4.69) is 52.9 Å². The normalized spacial score (nSPS) is 21.7. The van der Waals surface area contributed by atoms with Crippen LogP contribution in [0.1, 0.15) is 59.7 Å². The molecule has 0 unspecified atom stereocenters. The monoisotopic (exact) mass is 352 g/mol. The molecule has 1 atom stereocenters. The molecule has 4 rings (SSSR count). The topological polar surface area (TPSA) is 35.2 Å². The highest BCUT2D eigenvalue weighted by Gasteiger charge is 2.21. The Labute approximate surface area is 157 Å². The summed E-state index contributed by atoms with van der Waals surface area (Å²) >= 11 is 0. The molecule has 0 aliphatic carbocycles. The van der Waals surface area contributed by atoms with Crippen LogP contribution in [-0.4, -0.2) is 39.1 Å². The summed E-state index contributed by atoms with van der Waals surface area (Å²) in [7, 11) is 0. The Hall–Kier alpha value is -1.65. The lowest BCUT2D eigenvalue weighted by molar-refractivity contribution is 0.152. The van der Waals surface area contributed by atoms with Gasteiger partial charge in [0.2, 0.25) is 0 Å². The van der Waals surface area contributed by atoms with E-state index in [-0.39, 0.29) is 0 Å². The zero-order valence-corrected chi connectivity index (χ0v) is 16.5. The second kappa shape index (κ2) is 7.53. The molecule has 1 aromatic carbocycles. The number of nitrogens with one attached hydrogen (secondary N) is 1. The average molecular weight is 353 g/mol. The zero-order valence-electron chi connectivity index (χ0n) is 16.5. The minimum Gasteiger partial charge on any atom is -0.296 e. The number of nitrogens with zero attached hydrogens (tertiary/aromatic N) is 3. The van der Waals surface area contributed by atoms with Crippen LogP contribution in [0, 0.1) is 13.8 Å². The van der Waals surface area contributed by atoms with E-state index >= 15 is 0 Å². The van der Waals surface area contributed by atoms with Gasteiger partial charge in [-0.05, 0) is 56.8 Å². The summed E-state index contributed by atoms with van der Waals surface area (Å²) in [4.78, 5) is 5.24. The second-order valence-corrected chi connectivity index (χ2v) is 8.36. The van der Waals surface area contributed by atoms with E-state index < -0.39 is 0 Å². The fourth-order valence-electron chi connectivity index (χ4n) is 4.61. The highest BCUT2D eigenvalue weighted by Crippen LogP contribution is 2.25. The lowest BCUT2D eigenvalue weighted by atomic mass is 9.96. The van der Waals surface area contributed by atoms with Gasteiger partial charge in [0.25, 0.3) is 0 Å². The smallest absolute Gasteiger partial charge is 0.0535 e. The van der Waals surface area contributed by atoms with E-state index in [0.717, 1.165) is 32.6 Å². The number of piperidine rings is 1. The molecule has 1 saturated heterocycles.